The first-order valence-electron chi connectivity index (χ1n) is 7.35. The standard InChI is InChI=1S/C18H22O2/c1-10(2)13-6-11(3)18(5)9-15-12(4)17(19)20-16(15)8-14(18)7-13/h7-8,11H,6,9H2,1-5H3/t11-,18+/m0/s1. The van der Waals surface area contributed by atoms with Crippen LogP contribution in [0.15, 0.2) is 45.8 Å². The molecular weight excluding hydrogens is 248 g/mol. The predicted molar refractivity (Wildman–Crippen MR) is 79.8 cm³/mol. The zero-order valence-electron chi connectivity index (χ0n) is 13.0. The van der Waals surface area contributed by atoms with Gasteiger partial charge in [-0.3, -0.25) is 0 Å². The summed E-state index contributed by atoms with van der Waals surface area (Å²) in [5, 5.41) is 0. The molecular formula is C18H22O2. The first kappa shape index (κ1) is 13.4. The number of allylic oxidation sites excluding steroid dienone is 6. The van der Waals surface area contributed by atoms with Crippen molar-refractivity contribution in [1.29, 1.82) is 0 Å². The number of carbonyl (C=O) groups is 1. The van der Waals surface area contributed by atoms with Crippen molar-refractivity contribution >= 4 is 5.97 Å². The van der Waals surface area contributed by atoms with E-state index in [0.717, 1.165) is 29.7 Å². The van der Waals surface area contributed by atoms with E-state index >= 15 is 0 Å². The van der Waals surface area contributed by atoms with Gasteiger partial charge in [-0.25, -0.2) is 4.79 Å². The monoisotopic (exact) mass is 270 g/mol. The van der Waals surface area contributed by atoms with Crippen molar-refractivity contribution in [3.05, 3.63) is 45.8 Å². The molecule has 1 aliphatic heterocycles. The van der Waals surface area contributed by atoms with E-state index < -0.39 is 0 Å². The van der Waals surface area contributed by atoms with Gasteiger partial charge in [0.05, 0.1) is 0 Å². The summed E-state index contributed by atoms with van der Waals surface area (Å²) >= 11 is 0. The fraction of sp³-hybridized carbons (Fsp3) is 0.500. The third-order valence-electron chi connectivity index (χ3n) is 5.33. The number of hydrogen-bond donors (Lipinski definition) is 0. The molecule has 2 heteroatoms. The average molecular weight is 270 g/mol. The second kappa shape index (κ2) is 4.21. The minimum absolute atomic E-state index is 0.118. The highest BCUT2D eigenvalue weighted by atomic mass is 16.5. The third-order valence-corrected chi connectivity index (χ3v) is 5.33. The van der Waals surface area contributed by atoms with Gasteiger partial charge in [0.2, 0.25) is 0 Å². The van der Waals surface area contributed by atoms with Gasteiger partial charge in [0, 0.05) is 11.1 Å². The van der Waals surface area contributed by atoms with E-state index in [1.165, 1.54) is 16.7 Å². The number of hydrogen-bond acceptors (Lipinski definition) is 2. The number of rotatable bonds is 0. The Morgan fingerprint density at radius 2 is 2.05 bits per heavy atom. The minimum Gasteiger partial charge on any atom is -0.423 e. The third kappa shape index (κ3) is 1.74. The molecule has 2 aliphatic carbocycles. The number of carbonyl (C=O) groups excluding carboxylic acids is 1. The summed E-state index contributed by atoms with van der Waals surface area (Å²) in [4.78, 5) is 11.8. The molecule has 1 heterocycles. The highest BCUT2D eigenvalue weighted by molar-refractivity contribution is 5.94. The maximum atomic E-state index is 11.8. The van der Waals surface area contributed by atoms with Crippen molar-refractivity contribution < 1.29 is 9.53 Å². The van der Waals surface area contributed by atoms with E-state index in [9.17, 15) is 4.79 Å². The quantitative estimate of drug-likeness (QED) is 0.608. The molecule has 0 aromatic carbocycles. The van der Waals surface area contributed by atoms with Crippen molar-refractivity contribution in [3.63, 3.8) is 0 Å². The summed E-state index contributed by atoms with van der Waals surface area (Å²) in [6.07, 6.45) is 6.43. The minimum atomic E-state index is -0.177. The Morgan fingerprint density at radius 3 is 2.70 bits per heavy atom. The lowest BCUT2D eigenvalue weighted by Gasteiger charge is -2.44. The Labute approximate surface area is 120 Å². The van der Waals surface area contributed by atoms with E-state index in [1.54, 1.807) is 0 Å². The fourth-order valence-corrected chi connectivity index (χ4v) is 3.47. The van der Waals surface area contributed by atoms with Crippen LogP contribution < -0.4 is 0 Å². The van der Waals surface area contributed by atoms with Crippen LogP contribution in [-0.2, 0) is 9.53 Å². The van der Waals surface area contributed by atoms with Crippen molar-refractivity contribution in [2.24, 2.45) is 11.3 Å². The lowest BCUT2D eigenvalue weighted by molar-refractivity contribution is -0.133. The second-order valence-electron chi connectivity index (χ2n) is 6.83. The summed E-state index contributed by atoms with van der Waals surface area (Å²) in [6, 6.07) is 0. The van der Waals surface area contributed by atoms with Crippen molar-refractivity contribution in [1.82, 2.24) is 0 Å². The molecule has 0 saturated carbocycles. The van der Waals surface area contributed by atoms with Gasteiger partial charge < -0.3 is 4.74 Å². The molecule has 2 atom stereocenters. The zero-order chi connectivity index (χ0) is 14.7. The molecule has 0 spiro atoms. The number of ether oxygens (including phenoxy) is 1. The summed E-state index contributed by atoms with van der Waals surface area (Å²) in [7, 11) is 0. The van der Waals surface area contributed by atoms with Crippen LogP contribution in [0.25, 0.3) is 0 Å². The van der Waals surface area contributed by atoms with E-state index in [4.69, 9.17) is 4.74 Å². The maximum Gasteiger partial charge on any atom is 0.339 e. The number of esters is 1. The van der Waals surface area contributed by atoms with E-state index in [-0.39, 0.29) is 11.4 Å². The van der Waals surface area contributed by atoms with E-state index in [1.807, 2.05) is 6.92 Å². The summed E-state index contributed by atoms with van der Waals surface area (Å²) in [5.41, 5.74) is 6.14. The SMILES string of the molecule is CC(C)=C1C=C2C=C3OC(=O)C(C)=C3C[C@]2(C)[C@@H](C)C1. The average Bonchev–Trinajstić information content (AvgIpc) is 2.63. The van der Waals surface area contributed by atoms with Crippen LogP contribution in [0.5, 0.6) is 0 Å². The van der Waals surface area contributed by atoms with Crippen LogP contribution in [0, 0.1) is 11.3 Å². The molecule has 0 aromatic rings. The van der Waals surface area contributed by atoms with Gasteiger partial charge in [0.1, 0.15) is 5.76 Å². The lowest BCUT2D eigenvalue weighted by Crippen LogP contribution is -2.33. The molecule has 0 saturated heterocycles. The van der Waals surface area contributed by atoms with Crippen LogP contribution in [0.3, 0.4) is 0 Å². The van der Waals surface area contributed by atoms with Crippen LogP contribution >= 0.6 is 0 Å². The van der Waals surface area contributed by atoms with Crippen LogP contribution in [-0.4, -0.2) is 5.97 Å². The fourth-order valence-electron chi connectivity index (χ4n) is 3.47. The lowest BCUT2D eigenvalue weighted by atomic mass is 9.60. The molecule has 0 unspecified atom stereocenters. The van der Waals surface area contributed by atoms with Crippen molar-refractivity contribution in [2.45, 2.75) is 47.5 Å². The summed E-state index contributed by atoms with van der Waals surface area (Å²) in [6.45, 7) is 10.9. The first-order chi connectivity index (χ1) is 9.33. The summed E-state index contributed by atoms with van der Waals surface area (Å²) < 4.78 is 5.39. The molecule has 0 aromatic heterocycles. The zero-order valence-corrected chi connectivity index (χ0v) is 13.0. The van der Waals surface area contributed by atoms with Gasteiger partial charge in [0.25, 0.3) is 0 Å². The number of fused-ring (bicyclic) bond motifs is 2. The van der Waals surface area contributed by atoms with E-state index in [2.05, 4.69) is 39.8 Å². The largest absolute Gasteiger partial charge is 0.423 e. The molecule has 0 amide bonds. The Morgan fingerprint density at radius 1 is 1.35 bits per heavy atom. The molecule has 106 valence electrons. The highest BCUT2D eigenvalue weighted by Gasteiger charge is 2.44. The highest BCUT2D eigenvalue weighted by Crippen LogP contribution is 2.54. The molecule has 2 nitrogen and oxygen atoms in total. The Bertz CT molecular complexity index is 624. The Kier molecular flexibility index (Phi) is 2.82. The molecule has 3 aliphatic rings. The van der Waals surface area contributed by atoms with Crippen LogP contribution in [0.2, 0.25) is 0 Å². The van der Waals surface area contributed by atoms with Gasteiger partial charge in [-0.05, 0) is 62.2 Å². The van der Waals surface area contributed by atoms with Gasteiger partial charge in [-0.1, -0.05) is 25.5 Å². The predicted octanol–water partition coefficient (Wildman–Crippen LogP) is 4.46. The molecule has 20 heavy (non-hydrogen) atoms. The van der Waals surface area contributed by atoms with Gasteiger partial charge in [0.15, 0.2) is 0 Å². The topological polar surface area (TPSA) is 26.3 Å². The maximum absolute atomic E-state index is 11.8. The van der Waals surface area contributed by atoms with Crippen molar-refractivity contribution in [2.75, 3.05) is 0 Å². The molecule has 0 fully saturated rings. The van der Waals surface area contributed by atoms with Crippen molar-refractivity contribution in [3.8, 4) is 0 Å². The van der Waals surface area contributed by atoms with Gasteiger partial charge in [-0.2, -0.15) is 0 Å². The molecule has 3 rings (SSSR count). The van der Waals surface area contributed by atoms with Gasteiger partial charge >= 0.3 is 5.97 Å². The van der Waals surface area contributed by atoms with Crippen LogP contribution in [0.4, 0.5) is 0 Å². The molecule has 0 radical (unpaired) electrons. The Balaban J connectivity index is 2.17. The molecule has 0 bridgehead atoms. The smallest absolute Gasteiger partial charge is 0.339 e. The van der Waals surface area contributed by atoms with E-state index in [0.29, 0.717) is 5.92 Å². The first-order valence-corrected chi connectivity index (χ1v) is 7.35. The van der Waals surface area contributed by atoms with Crippen LogP contribution in [0.1, 0.15) is 47.5 Å². The second-order valence-corrected chi connectivity index (χ2v) is 6.83. The normalized spacial score (nSPS) is 32.4. The Hall–Kier alpha value is -1.57. The molecule has 0 N–H and O–H groups in total. The van der Waals surface area contributed by atoms with Gasteiger partial charge in [-0.15, -0.1) is 0 Å². The summed E-state index contributed by atoms with van der Waals surface area (Å²) in [5.74, 6) is 1.17.